The Balaban J connectivity index is 0.000000221. The topological polar surface area (TPSA) is 87.2 Å². The van der Waals surface area contributed by atoms with Gasteiger partial charge in [0.25, 0.3) is 10.1 Å². The molecule has 0 unspecified atom stereocenters. The number of aromatic amines is 1. The lowest BCUT2D eigenvalue weighted by atomic mass is 10.2. The molecule has 0 aliphatic carbocycles. The van der Waals surface area contributed by atoms with E-state index in [0.29, 0.717) is 6.26 Å². The standard InChI is InChI=1S/C9H7NO.CH4O3S/c11-9-6-5-7-3-1-2-4-8(7)10-9;1-5(2,3)4/h1-6H,(H,10,11);1H3,(H,2,3,4). The van der Waals surface area contributed by atoms with E-state index in [9.17, 15) is 13.2 Å². The summed E-state index contributed by atoms with van der Waals surface area (Å²) in [6.45, 7) is 0. The number of benzene rings is 1. The van der Waals surface area contributed by atoms with Crippen molar-refractivity contribution in [3.05, 3.63) is 46.8 Å². The van der Waals surface area contributed by atoms with Crippen molar-refractivity contribution in [3.63, 3.8) is 0 Å². The van der Waals surface area contributed by atoms with E-state index in [1.165, 1.54) is 6.07 Å². The minimum atomic E-state index is -3.67. The van der Waals surface area contributed by atoms with Crippen LogP contribution in [0.2, 0.25) is 0 Å². The third-order valence-electron chi connectivity index (χ3n) is 1.63. The van der Waals surface area contributed by atoms with Crippen LogP contribution in [-0.4, -0.2) is 24.2 Å². The maximum Gasteiger partial charge on any atom is 0.261 e. The van der Waals surface area contributed by atoms with Gasteiger partial charge >= 0.3 is 0 Å². The smallest absolute Gasteiger partial charge is 0.261 e. The largest absolute Gasteiger partial charge is 0.322 e. The average molecular weight is 241 g/mol. The molecule has 0 saturated carbocycles. The van der Waals surface area contributed by atoms with Gasteiger partial charge in [0.05, 0.1) is 6.26 Å². The third kappa shape index (κ3) is 4.72. The maximum atomic E-state index is 10.8. The Labute approximate surface area is 92.5 Å². The predicted molar refractivity (Wildman–Crippen MR) is 62.0 cm³/mol. The summed E-state index contributed by atoms with van der Waals surface area (Å²) in [7, 11) is -3.67. The fourth-order valence-corrected chi connectivity index (χ4v) is 1.10. The highest BCUT2D eigenvalue weighted by Crippen LogP contribution is 2.06. The molecule has 2 aromatic rings. The number of hydrogen-bond donors (Lipinski definition) is 2. The number of aromatic nitrogens is 1. The maximum absolute atomic E-state index is 10.8. The van der Waals surface area contributed by atoms with Gasteiger partial charge in [-0.1, -0.05) is 18.2 Å². The molecule has 0 aliphatic rings. The van der Waals surface area contributed by atoms with E-state index in [2.05, 4.69) is 4.98 Å². The number of hydrogen-bond acceptors (Lipinski definition) is 3. The highest BCUT2D eigenvalue weighted by atomic mass is 32.2. The second-order valence-electron chi connectivity index (χ2n) is 3.14. The number of nitrogens with one attached hydrogen (secondary N) is 1. The zero-order valence-corrected chi connectivity index (χ0v) is 9.36. The summed E-state index contributed by atoms with van der Waals surface area (Å²) in [4.78, 5) is 13.6. The van der Waals surface area contributed by atoms with Crippen LogP contribution in [0.5, 0.6) is 0 Å². The predicted octanol–water partition coefficient (Wildman–Crippen LogP) is 1.03. The monoisotopic (exact) mass is 241 g/mol. The Morgan fingerprint density at radius 3 is 2.31 bits per heavy atom. The van der Waals surface area contributed by atoms with Gasteiger partial charge in [-0.2, -0.15) is 8.42 Å². The van der Waals surface area contributed by atoms with Crippen molar-refractivity contribution in [1.82, 2.24) is 4.98 Å². The van der Waals surface area contributed by atoms with Crippen LogP contribution in [0.25, 0.3) is 10.9 Å². The molecule has 1 aromatic heterocycles. The Hall–Kier alpha value is -1.66. The Morgan fingerprint density at radius 2 is 1.69 bits per heavy atom. The van der Waals surface area contributed by atoms with E-state index < -0.39 is 10.1 Å². The van der Waals surface area contributed by atoms with Crippen molar-refractivity contribution in [2.45, 2.75) is 0 Å². The average Bonchev–Trinajstić information content (AvgIpc) is 2.15. The fourth-order valence-electron chi connectivity index (χ4n) is 1.10. The van der Waals surface area contributed by atoms with Gasteiger partial charge in [0.2, 0.25) is 5.56 Å². The van der Waals surface area contributed by atoms with Gasteiger partial charge in [-0.3, -0.25) is 9.35 Å². The second-order valence-corrected chi connectivity index (χ2v) is 4.61. The molecule has 0 aliphatic heterocycles. The molecular formula is C10H11NO4S. The zero-order valence-electron chi connectivity index (χ0n) is 8.54. The van der Waals surface area contributed by atoms with Gasteiger partial charge < -0.3 is 4.98 Å². The summed E-state index contributed by atoms with van der Waals surface area (Å²) in [5, 5.41) is 1.06. The molecule has 86 valence electrons. The summed E-state index contributed by atoms with van der Waals surface area (Å²) < 4.78 is 25.9. The molecule has 6 heteroatoms. The van der Waals surface area contributed by atoms with Crippen molar-refractivity contribution < 1.29 is 13.0 Å². The van der Waals surface area contributed by atoms with Crippen LogP contribution in [0.4, 0.5) is 0 Å². The summed E-state index contributed by atoms with van der Waals surface area (Å²) in [6, 6.07) is 11.0. The van der Waals surface area contributed by atoms with E-state index in [4.69, 9.17) is 4.55 Å². The van der Waals surface area contributed by atoms with E-state index in [1.54, 1.807) is 0 Å². The van der Waals surface area contributed by atoms with E-state index in [-0.39, 0.29) is 5.56 Å². The molecule has 0 bridgehead atoms. The molecule has 0 atom stereocenters. The quantitative estimate of drug-likeness (QED) is 0.674. The molecule has 5 nitrogen and oxygen atoms in total. The first kappa shape index (κ1) is 12.4. The minimum absolute atomic E-state index is 0.0521. The van der Waals surface area contributed by atoms with Gasteiger partial charge in [0, 0.05) is 11.6 Å². The molecule has 1 heterocycles. The number of rotatable bonds is 0. The van der Waals surface area contributed by atoms with Crippen LogP contribution in [-0.2, 0) is 10.1 Å². The van der Waals surface area contributed by atoms with Crippen LogP contribution < -0.4 is 5.56 Å². The van der Waals surface area contributed by atoms with Gasteiger partial charge in [0.1, 0.15) is 0 Å². The van der Waals surface area contributed by atoms with Crippen LogP contribution in [0, 0.1) is 0 Å². The van der Waals surface area contributed by atoms with Gasteiger partial charge in [-0.15, -0.1) is 0 Å². The van der Waals surface area contributed by atoms with Crippen molar-refractivity contribution in [1.29, 1.82) is 0 Å². The first-order chi connectivity index (χ1) is 7.36. The van der Waals surface area contributed by atoms with Crippen molar-refractivity contribution in [2.24, 2.45) is 0 Å². The first-order valence-corrected chi connectivity index (χ1v) is 6.21. The van der Waals surface area contributed by atoms with Gasteiger partial charge in [-0.25, -0.2) is 0 Å². The Kier molecular flexibility index (Phi) is 3.81. The summed E-state index contributed by atoms with van der Waals surface area (Å²) in [6.07, 6.45) is 0.715. The molecule has 0 fully saturated rings. The lowest BCUT2D eigenvalue weighted by Gasteiger charge is -1.93. The van der Waals surface area contributed by atoms with Crippen molar-refractivity contribution in [3.8, 4) is 0 Å². The van der Waals surface area contributed by atoms with E-state index >= 15 is 0 Å². The number of para-hydroxylation sites is 1. The lowest BCUT2D eigenvalue weighted by Crippen LogP contribution is -2.01. The molecule has 2 N–H and O–H groups in total. The molecule has 16 heavy (non-hydrogen) atoms. The first-order valence-electron chi connectivity index (χ1n) is 4.37. The lowest BCUT2D eigenvalue weighted by molar-refractivity contribution is 0.490. The molecule has 0 radical (unpaired) electrons. The summed E-state index contributed by atoms with van der Waals surface area (Å²) >= 11 is 0. The highest BCUT2D eigenvalue weighted by molar-refractivity contribution is 7.85. The van der Waals surface area contributed by atoms with Crippen molar-refractivity contribution in [2.75, 3.05) is 6.26 Å². The summed E-state index contributed by atoms with van der Waals surface area (Å²) in [5.74, 6) is 0. The number of H-pyrrole nitrogens is 1. The van der Waals surface area contributed by atoms with E-state index in [1.807, 2.05) is 30.3 Å². The molecule has 2 rings (SSSR count). The second kappa shape index (κ2) is 4.91. The van der Waals surface area contributed by atoms with Crippen LogP contribution in [0.3, 0.4) is 0 Å². The highest BCUT2D eigenvalue weighted by Gasteiger charge is 1.89. The summed E-state index contributed by atoms with van der Waals surface area (Å²) in [5.41, 5.74) is 0.837. The molecule has 0 spiro atoms. The fraction of sp³-hybridized carbons (Fsp3) is 0.100. The van der Waals surface area contributed by atoms with Gasteiger partial charge in [0.15, 0.2) is 0 Å². The number of fused-ring (bicyclic) bond motifs is 1. The van der Waals surface area contributed by atoms with Crippen LogP contribution in [0.1, 0.15) is 0 Å². The third-order valence-corrected chi connectivity index (χ3v) is 1.63. The molecular weight excluding hydrogens is 230 g/mol. The SMILES string of the molecule is CS(=O)(=O)O.O=c1ccc2ccccc2[nH]1. The Morgan fingerprint density at radius 1 is 1.12 bits per heavy atom. The Bertz CT molecular complexity index is 622. The van der Waals surface area contributed by atoms with E-state index in [0.717, 1.165) is 10.9 Å². The molecule has 0 saturated heterocycles. The normalized spacial score (nSPS) is 10.6. The van der Waals surface area contributed by atoms with Gasteiger partial charge in [-0.05, 0) is 17.5 Å². The zero-order chi connectivity index (χ0) is 12.2. The number of pyridine rings is 1. The van der Waals surface area contributed by atoms with Crippen molar-refractivity contribution >= 4 is 21.0 Å². The van der Waals surface area contributed by atoms with Crippen LogP contribution in [0.15, 0.2) is 41.2 Å². The minimum Gasteiger partial charge on any atom is -0.322 e. The molecule has 1 aromatic carbocycles. The molecule has 0 amide bonds. The van der Waals surface area contributed by atoms with Crippen LogP contribution >= 0.6 is 0 Å².